The molecule has 0 radical (unpaired) electrons. The van der Waals surface area contributed by atoms with Crippen molar-refractivity contribution in [3.63, 3.8) is 0 Å². The second kappa shape index (κ2) is 5.15. The van der Waals surface area contributed by atoms with E-state index in [9.17, 15) is 0 Å². The first-order valence-electron chi connectivity index (χ1n) is 4.72. The monoisotopic (exact) mass is 272 g/mol. The van der Waals surface area contributed by atoms with Crippen LogP contribution in [0, 0.1) is 0 Å². The summed E-state index contributed by atoms with van der Waals surface area (Å²) in [6, 6.07) is 5.68. The lowest BCUT2D eigenvalue weighted by Gasteiger charge is -2.14. The van der Waals surface area contributed by atoms with Crippen molar-refractivity contribution in [1.82, 2.24) is 10.3 Å². The molecule has 1 atom stereocenters. The number of rotatable bonds is 3. The Labute approximate surface area is 108 Å². The van der Waals surface area contributed by atoms with Crippen LogP contribution in [0.1, 0.15) is 17.3 Å². The molecule has 0 bridgehead atoms. The Hall–Kier alpha value is -0.610. The van der Waals surface area contributed by atoms with E-state index < -0.39 is 0 Å². The van der Waals surface area contributed by atoms with Crippen molar-refractivity contribution in [3.05, 3.63) is 50.4 Å². The van der Waals surface area contributed by atoms with Crippen molar-refractivity contribution in [1.29, 1.82) is 0 Å². The topological polar surface area (TPSA) is 24.9 Å². The van der Waals surface area contributed by atoms with Crippen LogP contribution in [0.2, 0.25) is 10.0 Å². The minimum atomic E-state index is 0.0565. The van der Waals surface area contributed by atoms with Crippen LogP contribution in [-0.4, -0.2) is 12.0 Å². The Morgan fingerprint density at radius 2 is 2.12 bits per heavy atom. The molecule has 0 spiro atoms. The normalized spacial score (nSPS) is 12.7. The number of nitrogens with one attached hydrogen (secondary N) is 1. The fraction of sp³-hybridized carbons (Fsp3) is 0.182. The van der Waals surface area contributed by atoms with Gasteiger partial charge in [0.2, 0.25) is 0 Å². The smallest absolute Gasteiger partial charge is 0.0795 e. The molecular formula is C11H10Cl2N2S. The van der Waals surface area contributed by atoms with Gasteiger partial charge in [-0.3, -0.25) is 0 Å². The summed E-state index contributed by atoms with van der Waals surface area (Å²) in [6.07, 6.45) is 0. The fourth-order valence-corrected chi connectivity index (χ4v) is 2.43. The summed E-state index contributed by atoms with van der Waals surface area (Å²) < 4.78 is 0. The molecule has 2 aromatic rings. The molecule has 16 heavy (non-hydrogen) atoms. The van der Waals surface area contributed by atoms with Gasteiger partial charge >= 0.3 is 0 Å². The molecule has 0 saturated heterocycles. The first-order chi connectivity index (χ1) is 7.72. The predicted molar refractivity (Wildman–Crippen MR) is 69.5 cm³/mol. The van der Waals surface area contributed by atoms with E-state index in [0.29, 0.717) is 10.0 Å². The average molecular weight is 273 g/mol. The standard InChI is InChI=1S/C11H10Cl2N2S/c1-14-11(10-5-16-6-15-10)7-2-3-8(12)9(13)4-7/h2-6,11,14H,1H3. The first kappa shape index (κ1) is 11.9. The first-order valence-corrected chi connectivity index (χ1v) is 6.42. The van der Waals surface area contributed by atoms with E-state index in [1.165, 1.54) is 0 Å². The summed E-state index contributed by atoms with van der Waals surface area (Å²) in [5, 5.41) is 6.36. The van der Waals surface area contributed by atoms with Crippen LogP contribution in [0.3, 0.4) is 0 Å². The number of thiazole rings is 1. The number of benzene rings is 1. The van der Waals surface area contributed by atoms with E-state index in [1.54, 1.807) is 17.4 Å². The summed E-state index contributed by atoms with van der Waals surface area (Å²) in [6.45, 7) is 0. The van der Waals surface area contributed by atoms with Crippen molar-refractivity contribution in [3.8, 4) is 0 Å². The van der Waals surface area contributed by atoms with E-state index in [-0.39, 0.29) is 6.04 Å². The average Bonchev–Trinajstić information content (AvgIpc) is 2.78. The van der Waals surface area contributed by atoms with E-state index in [1.807, 2.05) is 30.1 Å². The molecule has 0 aliphatic heterocycles. The Kier molecular flexibility index (Phi) is 3.82. The third-order valence-electron chi connectivity index (χ3n) is 2.31. The van der Waals surface area contributed by atoms with Crippen molar-refractivity contribution in [2.45, 2.75) is 6.04 Å². The lowest BCUT2D eigenvalue weighted by atomic mass is 10.1. The van der Waals surface area contributed by atoms with Gasteiger partial charge in [0, 0.05) is 5.38 Å². The van der Waals surface area contributed by atoms with Gasteiger partial charge in [0.15, 0.2) is 0 Å². The molecule has 1 unspecified atom stereocenters. The molecule has 1 aromatic carbocycles. The molecule has 0 fully saturated rings. The minimum Gasteiger partial charge on any atom is -0.308 e. The van der Waals surface area contributed by atoms with Crippen LogP contribution < -0.4 is 5.32 Å². The fourth-order valence-electron chi connectivity index (χ4n) is 1.54. The molecule has 0 amide bonds. The van der Waals surface area contributed by atoms with Crippen LogP contribution in [0.15, 0.2) is 29.1 Å². The van der Waals surface area contributed by atoms with Gasteiger partial charge in [-0.05, 0) is 24.7 Å². The van der Waals surface area contributed by atoms with Crippen LogP contribution >= 0.6 is 34.5 Å². The Bertz CT molecular complexity index is 471. The lowest BCUT2D eigenvalue weighted by molar-refractivity contribution is 0.675. The van der Waals surface area contributed by atoms with Crippen molar-refractivity contribution in [2.24, 2.45) is 0 Å². The zero-order valence-electron chi connectivity index (χ0n) is 8.58. The summed E-state index contributed by atoms with van der Waals surface area (Å²) in [5.74, 6) is 0. The van der Waals surface area contributed by atoms with E-state index in [0.717, 1.165) is 11.3 Å². The summed E-state index contributed by atoms with van der Waals surface area (Å²) in [5.41, 5.74) is 3.87. The largest absolute Gasteiger partial charge is 0.308 e. The molecule has 2 rings (SSSR count). The number of nitrogens with zero attached hydrogens (tertiary/aromatic N) is 1. The van der Waals surface area contributed by atoms with Crippen molar-refractivity contribution >= 4 is 34.5 Å². The quantitative estimate of drug-likeness (QED) is 0.921. The molecule has 0 aliphatic carbocycles. The lowest BCUT2D eigenvalue weighted by Crippen LogP contribution is -2.17. The zero-order valence-corrected chi connectivity index (χ0v) is 10.9. The SMILES string of the molecule is CNC(c1ccc(Cl)c(Cl)c1)c1cscn1. The number of aromatic nitrogens is 1. The molecule has 1 aromatic heterocycles. The summed E-state index contributed by atoms with van der Waals surface area (Å²) in [4.78, 5) is 4.30. The molecular weight excluding hydrogens is 263 g/mol. The van der Waals surface area contributed by atoms with Crippen molar-refractivity contribution < 1.29 is 0 Å². The highest BCUT2D eigenvalue weighted by atomic mass is 35.5. The number of hydrogen-bond donors (Lipinski definition) is 1. The van der Waals surface area contributed by atoms with Gasteiger partial charge < -0.3 is 5.32 Å². The molecule has 1 heterocycles. The van der Waals surface area contributed by atoms with Crippen molar-refractivity contribution in [2.75, 3.05) is 7.05 Å². The molecule has 0 aliphatic rings. The zero-order chi connectivity index (χ0) is 11.5. The number of hydrogen-bond acceptors (Lipinski definition) is 3. The summed E-state index contributed by atoms with van der Waals surface area (Å²) >= 11 is 13.5. The Morgan fingerprint density at radius 1 is 1.31 bits per heavy atom. The molecule has 2 nitrogen and oxygen atoms in total. The van der Waals surface area contributed by atoms with E-state index in [2.05, 4.69) is 10.3 Å². The third-order valence-corrected chi connectivity index (χ3v) is 3.66. The van der Waals surface area contributed by atoms with Crippen LogP contribution in [0.4, 0.5) is 0 Å². The molecule has 84 valence electrons. The van der Waals surface area contributed by atoms with Gasteiger partial charge in [-0.25, -0.2) is 4.98 Å². The third kappa shape index (κ3) is 2.38. The van der Waals surface area contributed by atoms with Gasteiger partial charge in [0.1, 0.15) is 0 Å². The van der Waals surface area contributed by atoms with Gasteiger partial charge in [-0.1, -0.05) is 29.3 Å². The highest BCUT2D eigenvalue weighted by molar-refractivity contribution is 7.07. The maximum absolute atomic E-state index is 6.00. The molecule has 0 saturated carbocycles. The van der Waals surface area contributed by atoms with Gasteiger partial charge in [-0.15, -0.1) is 11.3 Å². The highest BCUT2D eigenvalue weighted by Gasteiger charge is 2.14. The molecule has 5 heteroatoms. The summed E-state index contributed by atoms with van der Waals surface area (Å²) in [7, 11) is 1.90. The Morgan fingerprint density at radius 3 is 2.69 bits per heavy atom. The maximum Gasteiger partial charge on any atom is 0.0795 e. The van der Waals surface area contributed by atoms with Gasteiger partial charge in [0.05, 0.1) is 27.3 Å². The van der Waals surface area contributed by atoms with Crippen LogP contribution in [-0.2, 0) is 0 Å². The maximum atomic E-state index is 6.00. The number of halogens is 2. The van der Waals surface area contributed by atoms with E-state index in [4.69, 9.17) is 23.2 Å². The van der Waals surface area contributed by atoms with E-state index >= 15 is 0 Å². The molecule has 1 N–H and O–H groups in total. The Balaban J connectivity index is 2.37. The van der Waals surface area contributed by atoms with Crippen LogP contribution in [0.5, 0.6) is 0 Å². The minimum absolute atomic E-state index is 0.0565. The van der Waals surface area contributed by atoms with Gasteiger partial charge in [0.25, 0.3) is 0 Å². The second-order valence-corrected chi connectivity index (χ2v) is 4.84. The predicted octanol–water partition coefficient (Wildman–Crippen LogP) is 3.76. The van der Waals surface area contributed by atoms with Crippen LogP contribution in [0.25, 0.3) is 0 Å². The second-order valence-electron chi connectivity index (χ2n) is 3.31. The highest BCUT2D eigenvalue weighted by Crippen LogP contribution is 2.28. The van der Waals surface area contributed by atoms with Gasteiger partial charge in [-0.2, -0.15) is 0 Å².